The van der Waals surface area contributed by atoms with E-state index in [-0.39, 0.29) is 0 Å². The Morgan fingerprint density at radius 2 is 2.33 bits per heavy atom. The summed E-state index contributed by atoms with van der Waals surface area (Å²) in [6, 6.07) is 1.83. The number of halogens is 1. The highest BCUT2D eigenvalue weighted by Gasteiger charge is 1.99. The van der Waals surface area contributed by atoms with Gasteiger partial charge in [0.15, 0.2) is 0 Å². The van der Waals surface area contributed by atoms with Crippen molar-refractivity contribution >= 4 is 33.1 Å². The molecule has 2 aromatic heterocycles. The normalized spacial score (nSPS) is 10.3. The summed E-state index contributed by atoms with van der Waals surface area (Å²) < 4.78 is 0.773. The van der Waals surface area contributed by atoms with Crippen molar-refractivity contribution in [1.29, 1.82) is 0 Å². The number of anilines is 1. The molecule has 1 N–H and O–H groups in total. The van der Waals surface area contributed by atoms with Gasteiger partial charge in [0, 0.05) is 11.4 Å². The van der Waals surface area contributed by atoms with Crippen molar-refractivity contribution in [3.05, 3.63) is 33.1 Å². The quantitative estimate of drug-likeness (QED) is 0.881. The molecule has 0 saturated carbocycles. The molecule has 0 aliphatic heterocycles. The van der Waals surface area contributed by atoms with E-state index in [9.17, 15) is 0 Å². The van der Waals surface area contributed by atoms with Crippen LogP contribution in [0.5, 0.6) is 0 Å². The Morgan fingerprint density at radius 1 is 1.47 bits per heavy atom. The van der Waals surface area contributed by atoms with E-state index in [0.29, 0.717) is 6.54 Å². The molecule has 2 rings (SSSR count). The molecule has 2 aromatic rings. The number of aryl methyl sites for hydroxylation is 1. The smallest absolute Gasteiger partial charge is 0.130 e. The number of aromatic nitrogens is 3. The summed E-state index contributed by atoms with van der Waals surface area (Å²) in [7, 11) is 0. The maximum atomic E-state index is 4.35. The lowest BCUT2D eigenvalue weighted by atomic mass is 10.4. The molecule has 0 saturated heterocycles. The number of nitrogens with one attached hydrogen (secondary N) is 1. The molecule has 0 aromatic carbocycles. The van der Waals surface area contributed by atoms with Crippen LogP contribution in [0.3, 0.4) is 0 Å². The molecule has 0 amide bonds. The van der Waals surface area contributed by atoms with Gasteiger partial charge in [-0.3, -0.25) is 0 Å². The molecule has 0 fully saturated rings. The summed E-state index contributed by atoms with van der Waals surface area (Å²) in [5.41, 5.74) is 1.03. The molecular weight excluding hydrogens is 276 g/mol. The highest BCUT2D eigenvalue weighted by atomic mass is 79.9. The van der Waals surface area contributed by atoms with E-state index in [1.807, 2.05) is 18.4 Å². The van der Waals surface area contributed by atoms with Crippen molar-refractivity contribution in [2.75, 3.05) is 5.32 Å². The van der Waals surface area contributed by atoms with Gasteiger partial charge in [-0.1, -0.05) is 0 Å². The second kappa shape index (κ2) is 4.67. The molecule has 2 heterocycles. The van der Waals surface area contributed by atoms with Crippen LogP contribution in [0.4, 0.5) is 5.82 Å². The maximum Gasteiger partial charge on any atom is 0.130 e. The highest BCUT2D eigenvalue weighted by molar-refractivity contribution is 9.10. The molecule has 0 bridgehead atoms. The van der Waals surface area contributed by atoms with Crippen molar-refractivity contribution in [3.63, 3.8) is 0 Å². The molecule has 0 aliphatic carbocycles. The number of nitrogens with zero attached hydrogens (tertiary/aromatic N) is 3. The zero-order chi connectivity index (χ0) is 10.7. The first-order valence-electron chi connectivity index (χ1n) is 4.36. The Labute approximate surface area is 99.9 Å². The van der Waals surface area contributed by atoms with Gasteiger partial charge >= 0.3 is 0 Å². The number of rotatable bonds is 3. The van der Waals surface area contributed by atoms with Gasteiger partial charge in [0.25, 0.3) is 0 Å². The minimum atomic E-state index is 0.688. The molecule has 6 heteroatoms. The van der Waals surface area contributed by atoms with E-state index in [1.54, 1.807) is 11.3 Å². The first-order chi connectivity index (χ1) is 7.24. The molecule has 0 aliphatic rings. The molecule has 78 valence electrons. The topological polar surface area (TPSA) is 50.7 Å². The number of hydrogen-bond acceptors (Lipinski definition) is 5. The van der Waals surface area contributed by atoms with Crippen LogP contribution < -0.4 is 5.32 Å². The fourth-order valence-corrected chi connectivity index (χ4v) is 2.02. The summed E-state index contributed by atoms with van der Waals surface area (Å²) in [6.45, 7) is 2.68. The minimum Gasteiger partial charge on any atom is -0.364 e. The number of hydrogen-bond donors (Lipinski definition) is 1. The second-order valence-corrected chi connectivity index (χ2v) is 4.81. The zero-order valence-electron chi connectivity index (χ0n) is 8.07. The van der Waals surface area contributed by atoms with E-state index in [4.69, 9.17) is 0 Å². The predicted molar refractivity (Wildman–Crippen MR) is 63.9 cm³/mol. The average molecular weight is 285 g/mol. The Morgan fingerprint density at radius 3 is 3.00 bits per heavy atom. The average Bonchev–Trinajstić information content (AvgIpc) is 2.62. The Balaban J connectivity index is 1.99. The third kappa shape index (κ3) is 2.97. The molecule has 0 spiro atoms. The predicted octanol–water partition coefficient (Wildman–Crippen LogP) is 2.62. The van der Waals surface area contributed by atoms with Crippen LogP contribution in [0.2, 0.25) is 0 Å². The van der Waals surface area contributed by atoms with Gasteiger partial charge in [0.05, 0.1) is 17.2 Å². The Hall–Kier alpha value is -1.01. The van der Waals surface area contributed by atoms with Gasteiger partial charge in [0.1, 0.15) is 16.7 Å². The third-order valence-corrected chi connectivity index (χ3v) is 3.01. The molecule has 0 unspecified atom stereocenters. The molecule has 15 heavy (non-hydrogen) atoms. The van der Waals surface area contributed by atoms with E-state index >= 15 is 0 Å². The summed E-state index contributed by atoms with van der Waals surface area (Å²) in [6.07, 6.45) is 1.51. The van der Waals surface area contributed by atoms with Gasteiger partial charge in [-0.2, -0.15) is 0 Å². The van der Waals surface area contributed by atoms with Crippen molar-refractivity contribution in [2.45, 2.75) is 13.5 Å². The van der Waals surface area contributed by atoms with Crippen molar-refractivity contribution < 1.29 is 0 Å². The molecular formula is C9H9BrN4S. The first kappa shape index (κ1) is 10.5. The van der Waals surface area contributed by atoms with Gasteiger partial charge in [-0.25, -0.2) is 15.0 Å². The van der Waals surface area contributed by atoms with Crippen LogP contribution in [0.25, 0.3) is 0 Å². The Kier molecular flexibility index (Phi) is 3.27. The lowest BCUT2D eigenvalue weighted by Crippen LogP contribution is -2.01. The van der Waals surface area contributed by atoms with Gasteiger partial charge in [-0.15, -0.1) is 11.3 Å². The van der Waals surface area contributed by atoms with Crippen molar-refractivity contribution in [2.24, 2.45) is 0 Å². The van der Waals surface area contributed by atoms with Gasteiger partial charge < -0.3 is 5.32 Å². The zero-order valence-corrected chi connectivity index (χ0v) is 10.5. The van der Waals surface area contributed by atoms with Crippen LogP contribution >= 0.6 is 27.3 Å². The second-order valence-electron chi connectivity index (χ2n) is 2.94. The lowest BCUT2D eigenvalue weighted by Gasteiger charge is -2.02. The molecule has 0 atom stereocenters. The van der Waals surface area contributed by atoms with E-state index in [2.05, 4.69) is 36.2 Å². The molecule has 0 radical (unpaired) electrons. The third-order valence-electron chi connectivity index (χ3n) is 1.75. The minimum absolute atomic E-state index is 0.688. The monoisotopic (exact) mass is 284 g/mol. The fraction of sp³-hybridized carbons (Fsp3) is 0.222. The lowest BCUT2D eigenvalue weighted by molar-refractivity contribution is 1.02. The van der Waals surface area contributed by atoms with Crippen LogP contribution in [-0.2, 0) is 6.54 Å². The largest absolute Gasteiger partial charge is 0.364 e. The summed E-state index contributed by atoms with van der Waals surface area (Å²) in [5, 5.41) is 6.30. The van der Waals surface area contributed by atoms with Crippen molar-refractivity contribution in [3.8, 4) is 0 Å². The fourth-order valence-electron chi connectivity index (χ4n) is 1.10. The highest BCUT2D eigenvalue weighted by Crippen LogP contribution is 2.12. The van der Waals surface area contributed by atoms with Crippen LogP contribution in [-0.4, -0.2) is 15.0 Å². The standard InChI is InChI=1S/C9H9BrN4S/c1-6-14-7(4-15-6)3-11-9-2-8(10)12-5-13-9/h2,4-5H,3H2,1H3,(H,11,12,13). The summed E-state index contributed by atoms with van der Waals surface area (Å²) in [5.74, 6) is 0.794. The summed E-state index contributed by atoms with van der Waals surface area (Å²) in [4.78, 5) is 12.4. The van der Waals surface area contributed by atoms with E-state index < -0.39 is 0 Å². The Bertz CT molecular complexity index is 457. The van der Waals surface area contributed by atoms with Crippen LogP contribution in [0.15, 0.2) is 22.4 Å². The van der Waals surface area contributed by atoms with Gasteiger partial charge in [0.2, 0.25) is 0 Å². The van der Waals surface area contributed by atoms with Gasteiger partial charge in [-0.05, 0) is 22.9 Å². The SMILES string of the molecule is Cc1nc(CNc2cc(Br)ncn2)cs1. The number of thiazole rings is 1. The maximum absolute atomic E-state index is 4.35. The first-order valence-corrected chi connectivity index (χ1v) is 6.04. The van der Waals surface area contributed by atoms with E-state index in [0.717, 1.165) is 21.1 Å². The van der Waals surface area contributed by atoms with Crippen molar-refractivity contribution in [1.82, 2.24) is 15.0 Å². The van der Waals surface area contributed by atoms with E-state index in [1.165, 1.54) is 6.33 Å². The summed E-state index contributed by atoms with van der Waals surface area (Å²) >= 11 is 4.94. The van der Waals surface area contributed by atoms with Crippen LogP contribution in [0, 0.1) is 6.92 Å². The van der Waals surface area contributed by atoms with Crippen LogP contribution in [0.1, 0.15) is 10.7 Å². The molecule has 4 nitrogen and oxygen atoms in total.